The van der Waals surface area contributed by atoms with Crippen molar-refractivity contribution in [2.45, 2.75) is 53.4 Å². The first kappa shape index (κ1) is 16.1. The molecular formula is C14H27NO2. The van der Waals surface area contributed by atoms with Crippen molar-refractivity contribution in [2.75, 3.05) is 6.54 Å². The molecule has 3 nitrogen and oxygen atoms in total. The summed E-state index contributed by atoms with van der Waals surface area (Å²) in [7, 11) is 0. The molecule has 0 aliphatic heterocycles. The summed E-state index contributed by atoms with van der Waals surface area (Å²) >= 11 is 0. The average Bonchev–Trinajstić information content (AvgIpc) is 2.25. The van der Waals surface area contributed by atoms with E-state index in [0.717, 1.165) is 32.1 Å². The van der Waals surface area contributed by atoms with Gasteiger partial charge in [-0.2, -0.15) is 0 Å². The van der Waals surface area contributed by atoms with E-state index in [9.17, 15) is 9.59 Å². The first-order chi connectivity index (χ1) is 7.99. The maximum atomic E-state index is 12.0. The average molecular weight is 241 g/mol. The third kappa shape index (κ3) is 7.94. The molecule has 0 fully saturated rings. The zero-order chi connectivity index (χ0) is 13.3. The second kappa shape index (κ2) is 9.20. The van der Waals surface area contributed by atoms with E-state index < -0.39 is 0 Å². The lowest BCUT2D eigenvalue weighted by Gasteiger charge is -2.19. The summed E-state index contributed by atoms with van der Waals surface area (Å²) in [6.45, 7) is 8.99. The second-order valence-corrected chi connectivity index (χ2v) is 5.45. The number of hydrogen-bond acceptors (Lipinski definition) is 2. The van der Waals surface area contributed by atoms with Crippen LogP contribution in [0.3, 0.4) is 0 Å². The number of amides is 1. The van der Waals surface area contributed by atoms with Gasteiger partial charge in [0.05, 0.1) is 0 Å². The lowest BCUT2D eigenvalue weighted by atomic mass is 9.84. The van der Waals surface area contributed by atoms with Crippen LogP contribution in [0.5, 0.6) is 0 Å². The Morgan fingerprint density at radius 2 is 1.82 bits per heavy atom. The van der Waals surface area contributed by atoms with Crippen molar-refractivity contribution in [3.8, 4) is 0 Å². The Morgan fingerprint density at radius 3 is 2.29 bits per heavy atom. The van der Waals surface area contributed by atoms with Gasteiger partial charge in [0.25, 0.3) is 0 Å². The standard InChI is InChI=1S/C14H27NO2/c1-11(2)9-13(14(17)12(3)4)7-5-6-8-15-10-16/h10-13H,5-9H2,1-4H3,(H,15,16). The van der Waals surface area contributed by atoms with Crippen molar-refractivity contribution in [2.24, 2.45) is 17.8 Å². The smallest absolute Gasteiger partial charge is 0.207 e. The monoisotopic (exact) mass is 241 g/mol. The molecule has 100 valence electrons. The van der Waals surface area contributed by atoms with Gasteiger partial charge in [-0.1, -0.05) is 34.1 Å². The van der Waals surface area contributed by atoms with Gasteiger partial charge in [-0.3, -0.25) is 9.59 Å². The van der Waals surface area contributed by atoms with Crippen LogP contribution in [-0.4, -0.2) is 18.7 Å². The van der Waals surface area contributed by atoms with Crippen molar-refractivity contribution >= 4 is 12.2 Å². The highest BCUT2D eigenvalue weighted by Crippen LogP contribution is 2.22. The normalized spacial score (nSPS) is 12.8. The van der Waals surface area contributed by atoms with E-state index in [1.165, 1.54) is 0 Å². The zero-order valence-electron chi connectivity index (χ0n) is 11.7. The third-order valence-corrected chi connectivity index (χ3v) is 2.93. The molecule has 1 amide bonds. The number of carbonyl (C=O) groups excluding carboxylic acids is 2. The van der Waals surface area contributed by atoms with E-state index >= 15 is 0 Å². The van der Waals surface area contributed by atoms with E-state index in [4.69, 9.17) is 0 Å². The number of rotatable bonds is 10. The van der Waals surface area contributed by atoms with Crippen LogP contribution in [0.25, 0.3) is 0 Å². The molecule has 0 heterocycles. The first-order valence-corrected chi connectivity index (χ1v) is 6.69. The molecule has 0 aliphatic rings. The first-order valence-electron chi connectivity index (χ1n) is 6.69. The van der Waals surface area contributed by atoms with Crippen LogP contribution in [0.4, 0.5) is 0 Å². The highest BCUT2D eigenvalue weighted by molar-refractivity contribution is 5.82. The second-order valence-electron chi connectivity index (χ2n) is 5.45. The molecular weight excluding hydrogens is 214 g/mol. The molecule has 0 aromatic heterocycles. The minimum Gasteiger partial charge on any atom is -0.359 e. The van der Waals surface area contributed by atoms with E-state index in [0.29, 0.717) is 18.2 Å². The highest BCUT2D eigenvalue weighted by atomic mass is 16.1. The Morgan fingerprint density at radius 1 is 1.18 bits per heavy atom. The highest BCUT2D eigenvalue weighted by Gasteiger charge is 2.21. The van der Waals surface area contributed by atoms with Crippen molar-refractivity contribution in [3.05, 3.63) is 0 Å². The summed E-state index contributed by atoms with van der Waals surface area (Å²) in [5, 5.41) is 2.65. The summed E-state index contributed by atoms with van der Waals surface area (Å²) < 4.78 is 0. The molecule has 0 saturated heterocycles. The van der Waals surface area contributed by atoms with Gasteiger partial charge in [-0.15, -0.1) is 0 Å². The number of unbranched alkanes of at least 4 members (excludes halogenated alkanes) is 1. The van der Waals surface area contributed by atoms with Gasteiger partial charge in [-0.25, -0.2) is 0 Å². The number of Topliss-reactive ketones (excluding diaryl/α,β-unsaturated/α-hetero) is 1. The van der Waals surface area contributed by atoms with Crippen molar-refractivity contribution in [1.82, 2.24) is 5.32 Å². The van der Waals surface area contributed by atoms with Crippen LogP contribution in [0.2, 0.25) is 0 Å². The Balaban J connectivity index is 4.02. The Labute approximate surface area is 105 Å². The van der Waals surface area contributed by atoms with E-state index in [1.54, 1.807) is 0 Å². The molecule has 0 bridgehead atoms. The van der Waals surface area contributed by atoms with Gasteiger partial charge >= 0.3 is 0 Å². The van der Waals surface area contributed by atoms with Gasteiger partial charge in [0.1, 0.15) is 5.78 Å². The summed E-state index contributed by atoms with van der Waals surface area (Å²) in [4.78, 5) is 22.1. The van der Waals surface area contributed by atoms with Crippen molar-refractivity contribution in [3.63, 3.8) is 0 Å². The van der Waals surface area contributed by atoms with E-state index in [2.05, 4.69) is 19.2 Å². The molecule has 0 aliphatic carbocycles. The van der Waals surface area contributed by atoms with Crippen LogP contribution in [0, 0.1) is 17.8 Å². The molecule has 1 unspecified atom stereocenters. The molecule has 0 aromatic rings. The predicted octanol–water partition coefficient (Wildman–Crippen LogP) is 2.79. The minimum atomic E-state index is 0.131. The van der Waals surface area contributed by atoms with Gasteiger partial charge < -0.3 is 5.32 Å². The molecule has 0 saturated carbocycles. The number of nitrogens with one attached hydrogen (secondary N) is 1. The predicted molar refractivity (Wildman–Crippen MR) is 70.7 cm³/mol. The van der Waals surface area contributed by atoms with E-state index in [1.807, 2.05) is 13.8 Å². The van der Waals surface area contributed by atoms with Gasteiger partial charge in [0, 0.05) is 18.4 Å². The number of hydrogen-bond donors (Lipinski definition) is 1. The maximum absolute atomic E-state index is 12.0. The molecule has 3 heteroatoms. The summed E-state index contributed by atoms with van der Waals surface area (Å²) in [5.41, 5.74) is 0. The van der Waals surface area contributed by atoms with Gasteiger partial charge in [0.2, 0.25) is 6.41 Å². The SMILES string of the molecule is CC(C)CC(CCCCNC=O)C(=O)C(C)C. The fourth-order valence-corrected chi connectivity index (χ4v) is 2.09. The minimum absolute atomic E-state index is 0.131. The molecule has 0 aromatic carbocycles. The lowest BCUT2D eigenvalue weighted by molar-refractivity contribution is -0.126. The Bertz CT molecular complexity index is 224. The van der Waals surface area contributed by atoms with Crippen molar-refractivity contribution in [1.29, 1.82) is 0 Å². The number of ketones is 1. The molecule has 0 spiro atoms. The van der Waals surface area contributed by atoms with Crippen LogP contribution in [0.15, 0.2) is 0 Å². The largest absolute Gasteiger partial charge is 0.359 e. The summed E-state index contributed by atoms with van der Waals surface area (Å²) in [6.07, 6.45) is 4.63. The van der Waals surface area contributed by atoms with E-state index in [-0.39, 0.29) is 11.8 Å². The number of carbonyl (C=O) groups is 2. The van der Waals surface area contributed by atoms with Crippen LogP contribution in [-0.2, 0) is 9.59 Å². The van der Waals surface area contributed by atoms with Gasteiger partial charge in [-0.05, 0) is 25.2 Å². The summed E-state index contributed by atoms with van der Waals surface area (Å²) in [5.74, 6) is 1.29. The zero-order valence-corrected chi connectivity index (χ0v) is 11.7. The van der Waals surface area contributed by atoms with Crippen LogP contribution >= 0.6 is 0 Å². The topological polar surface area (TPSA) is 46.2 Å². The molecule has 1 N–H and O–H groups in total. The molecule has 0 rings (SSSR count). The molecule has 0 radical (unpaired) electrons. The Kier molecular flexibility index (Phi) is 8.73. The fourth-order valence-electron chi connectivity index (χ4n) is 2.09. The lowest BCUT2D eigenvalue weighted by Crippen LogP contribution is -2.22. The van der Waals surface area contributed by atoms with Gasteiger partial charge in [0.15, 0.2) is 0 Å². The summed E-state index contributed by atoms with van der Waals surface area (Å²) in [6, 6.07) is 0. The van der Waals surface area contributed by atoms with Crippen LogP contribution < -0.4 is 5.32 Å². The maximum Gasteiger partial charge on any atom is 0.207 e. The Hall–Kier alpha value is -0.860. The third-order valence-electron chi connectivity index (χ3n) is 2.93. The fraction of sp³-hybridized carbons (Fsp3) is 0.857. The van der Waals surface area contributed by atoms with Crippen molar-refractivity contribution < 1.29 is 9.59 Å². The van der Waals surface area contributed by atoms with Crippen LogP contribution in [0.1, 0.15) is 53.4 Å². The molecule has 17 heavy (non-hydrogen) atoms. The molecule has 1 atom stereocenters. The quantitative estimate of drug-likeness (QED) is 0.472.